The number of thiazole rings is 1. The van der Waals surface area contributed by atoms with Gasteiger partial charge in [-0.3, -0.25) is 9.69 Å². The fraction of sp³-hybridized carbons (Fsp3) is 0.261. The lowest BCUT2D eigenvalue weighted by Crippen LogP contribution is -2.33. The zero-order chi connectivity index (χ0) is 23.4. The van der Waals surface area contributed by atoms with Crippen LogP contribution in [0, 0.1) is 0 Å². The van der Waals surface area contributed by atoms with Crippen molar-refractivity contribution in [1.29, 1.82) is 0 Å². The highest BCUT2D eigenvalue weighted by atomic mass is 32.1. The van der Waals surface area contributed by atoms with E-state index in [9.17, 15) is 14.7 Å². The van der Waals surface area contributed by atoms with E-state index in [4.69, 9.17) is 14.6 Å². The summed E-state index contributed by atoms with van der Waals surface area (Å²) in [4.78, 5) is 29.7. The van der Waals surface area contributed by atoms with Gasteiger partial charge in [0.2, 0.25) is 5.91 Å². The first kappa shape index (κ1) is 22.7. The molecule has 0 unspecified atom stereocenters. The molecule has 1 amide bonds. The number of hydrogen-bond donors (Lipinski definition) is 3. The zero-order valence-corrected chi connectivity index (χ0v) is 18.6. The summed E-state index contributed by atoms with van der Waals surface area (Å²) < 4.78 is 10.9. The smallest absolute Gasteiger partial charge is 0.335 e. The maximum atomic E-state index is 12.5. The van der Waals surface area contributed by atoms with Gasteiger partial charge in [0.05, 0.1) is 24.9 Å². The van der Waals surface area contributed by atoms with Gasteiger partial charge in [0.25, 0.3) is 0 Å². The van der Waals surface area contributed by atoms with Crippen LogP contribution in [0.1, 0.15) is 10.4 Å². The summed E-state index contributed by atoms with van der Waals surface area (Å²) in [7, 11) is 1.61. The molecular formula is C23H23N3O6S. The average Bonchev–Trinajstić information content (AvgIpc) is 3.40. The van der Waals surface area contributed by atoms with E-state index in [0.717, 1.165) is 17.0 Å². The van der Waals surface area contributed by atoms with Crippen LogP contribution in [-0.2, 0) is 4.79 Å². The lowest BCUT2D eigenvalue weighted by Gasteiger charge is -2.17. The summed E-state index contributed by atoms with van der Waals surface area (Å²) in [5.74, 6) is -0.0284. The fourth-order valence-corrected chi connectivity index (χ4v) is 4.25. The van der Waals surface area contributed by atoms with Gasteiger partial charge in [-0.1, -0.05) is 0 Å². The molecule has 33 heavy (non-hydrogen) atoms. The van der Waals surface area contributed by atoms with Crippen LogP contribution in [0.15, 0.2) is 53.9 Å². The minimum absolute atomic E-state index is 0.0896. The molecule has 0 radical (unpaired) electrons. The van der Waals surface area contributed by atoms with E-state index >= 15 is 0 Å². The number of ether oxygens (including phenoxy) is 2. The summed E-state index contributed by atoms with van der Waals surface area (Å²) in [6.07, 6.45) is -1.28. The van der Waals surface area contributed by atoms with Gasteiger partial charge >= 0.3 is 5.97 Å². The predicted molar refractivity (Wildman–Crippen MR) is 123 cm³/mol. The number of likely N-dealkylation sites (tertiary alicyclic amines) is 1. The van der Waals surface area contributed by atoms with Gasteiger partial charge in [0.1, 0.15) is 23.7 Å². The van der Waals surface area contributed by atoms with E-state index < -0.39 is 18.2 Å². The summed E-state index contributed by atoms with van der Waals surface area (Å²) >= 11 is 1.34. The summed E-state index contributed by atoms with van der Waals surface area (Å²) in [5.41, 5.74) is 1.84. The predicted octanol–water partition coefficient (Wildman–Crippen LogP) is 2.58. The lowest BCUT2D eigenvalue weighted by atomic mass is 10.2. The number of benzene rings is 2. The van der Waals surface area contributed by atoms with E-state index in [1.54, 1.807) is 24.1 Å². The van der Waals surface area contributed by atoms with Crippen LogP contribution < -0.4 is 14.8 Å². The number of hydrogen-bond acceptors (Lipinski definition) is 8. The number of aliphatic hydroxyl groups excluding tert-OH is 1. The highest BCUT2D eigenvalue weighted by Crippen LogP contribution is 2.26. The van der Waals surface area contributed by atoms with Crippen molar-refractivity contribution < 1.29 is 29.3 Å². The van der Waals surface area contributed by atoms with Crippen molar-refractivity contribution in [3.05, 3.63) is 59.5 Å². The van der Waals surface area contributed by atoms with Crippen molar-refractivity contribution in [2.45, 2.75) is 12.2 Å². The second-order valence-corrected chi connectivity index (χ2v) is 8.42. The molecule has 3 N–H and O–H groups in total. The van der Waals surface area contributed by atoms with Crippen LogP contribution in [0.3, 0.4) is 0 Å². The Morgan fingerprint density at radius 3 is 2.48 bits per heavy atom. The second-order valence-electron chi connectivity index (χ2n) is 7.56. The highest BCUT2D eigenvalue weighted by Gasteiger charge is 2.34. The second kappa shape index (κ2) is 9.99. The van der Waals surface area contributed by atoms with E-state index in [1.165, 1.54) is 23.5 Å². The largest absolute Gasteiger partial charge is 0.497 e. The maximum Gasteiger partial charge on any atom is 0.335 e. The zero-order valence-electron chi connectivity index (χ0n) is 17.8. The van der Waals surface area contributed by atoms with Gasteiger partial charge in [0, 0.05) is 24.0 Å². The van der Waals surface area contributed by atoms with E-state index in [-0.39, 0.29) is 18.0 Å². The van der Waals surface area contributed by atoms with Gasteiger partial charge in [-0.05, 0) is 48.5 Å². The van der Waals surface area contributed by atoms with Crippen LogP contribution in [-0.4, -0.2) is 70.9 Å². The molecule has 1 aromatic heterocycles. The molecule has 0 aliphatic carbocycles. The standard InChI is InChI=1S/C23H23N3O6S/c1-31-16-6-2-14(3-7-16)18-13-33-23(24-18)25-21(28)12-26-10-19(27)20(11-26)32-17-8-4-15(5-9-17)22(29)30/h2-9,13,19-20,27H,10-12H2,1H3,(H,29,30)(H,24,25,28)/t19-,20-/m1/s1. The number of aromatic carboxylic acids is 1. The number of methoxy groups -OCH3 is 1. The normalized spacial score (nSPS) is 18.1. The first-order valence-corrected chi connectivity index (χ1v) is 11.1. The molecule has 1 saturated heterocycles. The highest BCUT2D eigenvalue weighted by molar-refractivity contribution is 7.14. The number of carboxylic acid groups (broad SMARTS) is 1. The van der Waals surface area contributed by atoms with Gasteiger partial charge in [-0.25, -0.2) is 9.78 Å². The third-order valence-electron chi connectivity index (χ3n) is 5.20. The molecule has 172 valence electrons. The van der Waals surface area contributed by atoms with E-state index in [0.29, 0.717) is 24.0 Å². The minimum atomic E-state index is -1.02. The molecular weight excluding hydrogens is 446 g/mol. The fourth-order valence-electron chi connectivity index (χ4n) is 3.52. The number of carbonyl (C=O) groups is 2. The van der Waals surface area contributed by atoms with E-state index in [2.05, 4.69) is 10.3 Å². The Bertz CT molecular complexity index is 1120. The molecule has 0 saturated carbocycles. The van der Waals surface area contributed by atoms with Gasteiger partial charge < -0.3 is 25.0 Å². The van der Waals surface area contributed by atoms with Crippen molar-refractivity contribution in [3.8, 4) is 22.8 Å². The molecule has 2 heterocycles. The number of anilines is 1. The number of nitrogens with one attached hydrogen (secondary N) is 1. The Hall–Kier alpha value is -3.47. The summed E-state index contributed by atoms with van der Waals surface area (Å²) in [5, 5.41) is 24.5. The van der Waals surface area contributed by atoms with Gasteiger partial charge in [-0.15, -0.1) is 11.3 Å². The first-order chi connectivity index (χ1) is 15.9. The van der Waals surface area contributed by atoms with Crippen molar-refractivity contribution in [2.75, 3.05) is 32.1 Å². The summed E-state index contributed by atoms with van der Waals surface area (Å²) in [6.45, 7) is 0.747. The van der Waals surface area contributed by atoms with Gasteiger partial charge in [-0.2, -0.15) is 0 Å². The number of aliphatic hydroxyl groups is 1. The monoisotopic (exact) mass is 469 g/mol. The third-order valence-corrected chi connectivity index (χ3v) is 5.96. The molecule has 2 aromatic carbocycles. The van der Waals surface area contributed by atoms with Crippen LogP contribution >= 0.6 is 11.3 Å². The van der Waals surface area contributed by atoms with Crippen molar-refractivity contribution >= 4 is 28.3 Å². The number of amides is 1. The minimum Gasteiger partial charge on any atom is -0.497 e. The Morgan fingerprint density at radius 1 is 1.12 bits per heavy atom. The molecule has 1 fully saturated rings. The Balaban J connectivity index is 1.29. The molecule has 1 aliphatic heterocycles. The van der Waals surface area contributed by atoms with Crippen LogP contribution in [0.5, 0.6) is 11.5 Å². The van der Waals surface area contributed by atoms with Crippen LogP contribution in [0.4, 0.5) is 5.13 Å². The molecule has 0 bridgehead atoms. The Morgan fingerprint density at radius 2 is 1.82 bits per heavy atom. The van der Waals surface area contributed by atoms with E-state index in [1.807, 2.05) is 29.6 Å². The van der Waals surface area contributed by atoms with Crippen molar-refractivity contribution in [1.82, 2.24) is 9.88 Å². The third kappa shape index (κ3) is 5.67. The number of carboxylic acids is 1. The molecule has 1 aliphatic rings. The maximum absolute atomic E-state index is 12.5. The summed E-state index contributed by atoms with van der Waals surface area (Å²) in [6, 6.07) is 13.5. The number of rotatable bonds is 8. The van der Waals surface area contributed by atoms with Crippen molar-refractivity contribution in [3.63, 3.8) is 0 Å². The number of aromatic nitrogens is 1. The van der Waals surface area contributed by atoms with Gasteiger partial charge in [0.15, 0.2) is 5.13 Å². The topological polar surface area (TPSA) is 121 Å². The van der Waals surface area contributed by atoms with Crippen LogP contribution in [0.2, 0.25) is 0 Å². The molecule has 4 rings (SSSR count). The molecule has 2 atom stereocenters. The number of nitrogens with zero attached hydrogens (tertiary/aromatic N) is 2. The number of β-amino-alcohol motifs (C(OH)–C–C–N with tert-alkyl or cyclic N) is 1. The average molecular weight is 470 g/mol. The number of carbonyl (C=O) groups excluding carboxylic acids is 1. The lowest BCUT2D eigenvalue weighted by molar-refractivity contribution is -0.117. The first-order valence-electron chi connectivity index (χ1n) is 10.2. The molecule has 0 spiro atoms. The van der Waals surface area contributed by atoms with Crippen LogP contribution in [0.25, 0.3) is 11.3 Å². The molecule has 10 heteroatoms. The SMILES string of the molecule is COc1ccc(-c2csc(NC(=O)CN3C[C@@H](O)[C@H](Oc4ccc(C(=O)O)cc4)C3)n2)cc1. The Kier molecular flexibility index (Phi) is 6.87. The Labute approximate surface area is 194 Å². The molecule has 9 nitrogen and oxygen atoms in total. The van der Waals surface area contributed by atoms with Crippen molar-refractivity contribution in [2.24, 2.45) is 0 Å². The molecule has 3 aromatic rings. The quantitative estimate of drug-likeness (QED) is 0.460.